The zero-order valence-electron chi connectivity index (χ0n) is 27.7. The minimum atomic E-state index is -0.421. The highest BCUT2D eigenvalue weighted by molar-refractivity contribution is 5.92. The Balaban J connectivity index is 1.09. The maximum absolute atomic E-state index is 14.1. The van der Waals surface area contributed by atoms with E-state index in [4.69, 9.17) is 4.74 Å². The van der Waals surface area contributed by atoms with Gasteiger partial charge in [-0.25, -0.2) is 4.79 Å². The predicted molar refractivity (Wildman–Crippen MR) is 180 cm³/mol. The first-order chi connectivity index (χ1) is 22.3. The third kappa shape index (κ3) is 7.85. The van der Waals surface area contributed by atoms with Gasteiger partial charge in [0.25, 0.3) is 0 Å². The van der Waals surface area contributed by atoms with Gasteiger partial charge in [0.1, 0.15) is 5.75 Å². The topological polar surface area (TPSA) is 85.4 Å². The number of hydrogen-bond donors (Lipinski definition) is 1. The smallest absolute Gasteiger partial charge is 0.322 e. The molecule has 0 aromatic heterocycles. The van der Waals surface area contributed by atoms with Gasteiger partial charge in [-0.3, -0.25) is 9.59 Å². The molecule has 1 N–H and O–H groups in total. The molecule has 1 unspecified atom stereocenters. The number of nitrogens with one attached hydrogen (secondary N) is 1. The van der Waals surface area contributed by atoms with Crippen molar-refractivity contribution >= 4 is 23.5 Å². The number of rotatable bonds is 9. The number of nitrogens with zero attached hydrogens (tertiary/aromatic N) is 4. The molecular weight excluding hydrogens is 578 g/mol. The molecule has 0 radical (unpaired) electrons. The van der Waals surface area contributed by atoms with Crippen molar-refractivity contribution in [3.63, 3.8) is 0 Å². The number of benzene rings is 2. The second kappa shape index (κ2) is 14.9. The number of ether oxygens (including phenoxy) is 1. The van der Waals surface area contributed by atoms with Crippen molar-refractivity contribution in [3.05, 3.63) is 59.7 Å². The number of para-hydroxylation sites is 1. The van der Waals surface area contributed by atoms with Crippen molar-refractivity contribution in [2.45, 2.75) is 96.4 Å². The first kappa shape index (κ1) is 32.4. The van der Waals surface area contributed by atoms with E-state index in [0.717, 1.165) is 61.3 Å². The molecule has 6 rings (SSSR count). The molecular formula is C37H51N5O4. The van der Waals surface area contributed by atoms with Crippen molar-refractivity contribution in [2.75, 3.05) is 44.6 Å². The Bertz CT molecular complexity index is 1360. The van der Waals surface area contributed by atoms with Crippen LogP contribution < -0.4 is 10.1 Å². The van der Waals surface area contributed by atoms with Crippen LogP contribution in [0.1, 0.15) is 76.3 Å². The largest absolute Gasteiger partial charge is 0.491 e. The lowest BCUT2D eigenvalue weighted by Crippen LogP contribution is -2.52. The van der Waals surface area contributed by atoms with Gasteiger partial charge in [-0.15, -0.1) is 0 Å². The predicted octanol–water partition coefficient (Wildman–Crippen LogP) is 5.54. The molecule has 3 fully saturated rings. The van der Waals surface area contributed by atoms with Gasteiger partial charge in [-0.2, -0.15) is 0 Å². The highest BCUT2D eigenvalue weighted by Gasteiger charge is 2.36. The van der Waals surface area contributed by atoms with Gasteiger partial charge in [0.2, 0.25) is 11.8 Å². The summed E-state index contributed by atoms with van der Waals surface area (Å²) < 4.78 is 5.94. The van der Waals surface area contributed by atoms with Gasteiger partial charge in [0.05, 0.1) is 12.0 Å². The van der Waals surface area contributed by atoms with Crippen LogP contribution in [0.25, 0.3) is 0 Å². The lowest BCUT2D eigenvalue weighted by molar-refractivity contribution is -0.143. The summed E-state index contributed by atoms with van der Waals surface area (Å²) in [6, 6.07) is 16.5. The highest BCUT2D eigenvalue weighted by Crippen LogP contribution is 2.29. The highest BCUT2D eigenvalue weighted by atomic mass is 16.5. The van der Waals surface area contributed by atoms with Gasteiger partial charge >= 0.3 is 6.03 Å². The fraction of sp³-hybridized carbons (Fsp3) is 0.595. The monoisotopic (exact) mass is 629 g/mol. The zero-order chi connectivity index (χ0) is 32.0. The van der Waals surface area contributed by atoms with Gasteiger partial charge in [-0.1, -0.05) is 36.8 Å². The third-order valence-corrected chi connectivity index (χ3v) is 10.3. The molecule has 1 atom stereocenters. The number of amides is 4. The molecule has 3 saturated heterocycles. The summed E-state index contributed by atoms with van der Waals surface area (Å²) in [5.41, 5.74) is 3.01. The van der Waals surface area contributed by atoms with E-state index in [1.807, 2.05) is 71.0 Å². The maximum Gasteiger partial charge on any atom is 0.322 e. The quantitative estimate of drug-likeness (QED) is 0.394. The van der Waals surface area contributed by atoms with Crippen LogP contribution in [0.3, 0.4) is 0 Å². The number of fused-ring (bicyclic) bond motifs is 1. The van der Waals surface area contributed by atoms with Crippen LogP contribution in [0.15, 0.2) is 48.5 Å². The summed E-state index contributed by atoms with van der Waals surface area (Å²) in [5.74, 6) is 0.497. The lowest BCUT2D eigenvalue weighted by atomic mass is 9.91. The maximum atomic E-state index is 14.1. The Kier molecular flexibility index (Phi) is 10.5. The van der Waals surface area contributed by atoms with E-state index in [9.17, 15) is 14.4 Å². The standard InChI is InChI=1S/C37H51N5O4/c1-27(2)46-33-11-8-9-28(24-33)23-30(36(44)41-21-13-31(14-22-41)39-17-6-3-7-18-39)25-35(43)40-19-15-32(16-20-40)42-26-29-10-4-5-12-34(29)38-37(42)45/h4-5,8-12,24,27,30-32H,3,6-7,13-23,25-26H2,1-2H3,(H,38,45). The molecule has 2 aromatic carbocycles. The average Bonchev–Trinajstić information content (AvgIpc) is 3.08. The SMILES string of the molecule is CC(C)Oc1cccc(CC(CC(=O)N2CCC(N3Cc4ccccc4NC3=O)CC2)C(=O)N2CCC(N3CCCCC3)CC2)c1. The summed E-state index contributed by atoms with van der Waals surface area (Å²) in [7, 11) is 0. The number of urea groups is 1. The van der Waals surface area contributed by atoms with E-state index in [-0.39, 0.29) is 36.4 Å². The van der Waals surface area contributed by atoms with E-state index in [1.165, 1.54) is 32.4 Å². The van der Waals surface area contributed by atoms with Crippen molar-refractivity contribution in [1.82, 2.24) is 19.6 Å². The molecule has 4 heterocycles. The Morgan fingerprint density at radius 3 is 2.28 bits per heavy atom. The first-order valence-corrected chi connectivity index (χ1v) is 17.6. The van der Waals surface area contributed by atoms with Gasteiger partial charge in [0.15, 0.2) is 0 Å². The van der Waals surface area contributed by atoms with Crippen LogP contribution in [0.4, 0.5) is 10.5 Å². The Labute approximate surface area is 274 Å². The molecule has 4 amide bonds. The Morgan fingerprint density at radius 2 is 1.54 bits per heavy atom. The number of anilines is 1. The second-order valence-electron chi connectivity index (χ2n) is 13.9. The van der Waals surface area contributed by atoms with Crippen LogP contribution in [0, 0.1) is 5.92 Å². The van der Waals surface area contributed by atoms with Crippen molar-refractivity contribution < 1.29 is 19.1 Å². The molecule has 4 aliphatic rings. The van der Waals surface area contributed by atoms with Crippen LogP contribution >= 0.6 is 0 Å². The van der Waals surface area contributed by atoms with Crippen LogP contribution in [-0.4, -0.2) is 94.9 Å². The van der Waals surface area contributed by atoms with E-state index in [1.54, 1.807) is 0 Å². The van der Waals surface area contributed by atoms with Gasteiger partial charge in [0, 0.05) is 56.9 Å². The third-order valence-electron chi connectivity index (χ3n) is 10.3. The summed E-state index contributed by atoms with van der Waals surface area (Å²) >= 11 is 0. The first-order valence-electron chi connectivity index (χ1n) is 17.6. The van der Waals surface area contributed by atoms with Crippen LogP contribution in [0.2, 0.25) is 0 Å². The summed E-state index contributed by atoms with van der Waals surface area (Å²) in [6.07, 6.45) is 8.13. The average molecular weight is 630 g/mol. The molecule has 46 heavy (non-hydrogen) atoms. The molecule has 4 aliphatic heterocycles. The molecule has 0 saturated carbocycles. The molecule has 0 aliphatic carbocycles. The normalized spacial score (nSPS) is 20.8. The van der Waals surface area contributed by atoms with Crippen LogP contribution in [-0.2, 0) is 22.6 Å². The molecule has 9 heteroatoms. The molecule has 0 bridgehead atoms. The minimum absolute atomic E-state index is 0.0306. The van der Waals surface area contributed by atoms with Crippen molar-refractivity contribution in [2.24, 2.45) is 5.92 Å². The number of piperidine rings is 3. The number of likely N-dealkylation sites (tertiary alicyclic amines) is 3. The minimum Gasteiger partial charge on any atom is -0.491 e. The Hall–Kier alpha value is -3.59. The van der Waals surface area contributed by atoms with E-state index < -0.39 is 5.92 Å². The van der Waals surface area contributed by atoms with Gasteiger partial charge in [-0.05, 0) is 101 Å². The number of carbonyl (C=O) groups excluding carboxylic acids is 3. The summed E-state index contributed by atoms with van der Waals surface area (Å²) in [5, 5.41) is 3.02. The number of hydrogen-bond acceptors (Lipinski definition) is 5. The molecule has 248 valence electrons. The van der Waals surface area contributed by atoms with E-state index >= 15 is 0 Å². The van der Waals surface area contributed by atoms with Crippen molar-refractivity contribution in [1.29, 1.82) is 0 Å². The summed E-state index contributed by atoms with van der Waals surface area (Å²) in [6.45, 7) is 9.65. The number of carbonyl (C=O) groups is 3. The van der Waals surface area contributed by atoms with Crippen LogP contribution in [0.5, 0.6) is 5.75 Å². The molecule has 9 nitrogen and oxygen atoms in total. The zero-order valence-corrected chi connectivity index (χ0v) is 27.7. The second-order valence-corrected chi connectivity index (χ2v) is 13.9. The fourth-order valence-corrected chi connectivity index (χ4v) is 7.83. The summed E-state index contributed by atoms with van der Waals surface area (Å²) in [4.78, 5) is 49.3. The molecule has 0 spiro atoms. The van der Waals surface area contributed by atoms with Crippen molar-refractivity contribution in [3.8, 4) is 5.75 Å². The van der Waals surface area contributed by atoms with E-state index in [0.29, 0.717) is 32.1 Å². The Morgan fingerprint density at radius 1 is 0.848 bits per heavy atom. The lowest BCUT2D eigenvalue weighted by Gasteiger charge is -2.41. The van der Waals surface area contributed by atoms with Gasteiger partial charge < -0.3 is 29.7 Å². The van der Waals surface area contributed by atoms with E-state index in [2.05, 4.69) is 16.3 Å². The molecule has 2 aromatic rings. The fourth-order valence-electron chi connectivity index (χ4n) is 7.83.